The Morgan fingerprint density at radius 1 is 1.42 bits per heavy atom. The van der Waals surface area contributed by atoms with Gasteiger partial charge in [-0.15, -0.1) is 0 Å². The number of nitrogens with zero attached hydrogens (tertiary/aromatic N) is 3. The number of rotatable bonds is 5. The van der Waals surface area contributed by atoms with Crippen molar-refractivity contribution < 1.29 is 13.9 Å². The van der Waals surface area contributed by atoms with Gasteiger partial charge in [0, 0.05) is 18.3 Å². The van der Waals surface area contributed by atoms with Crippen molar-refractivity contribution in [2.24, 2.45) is 16.6 Å². The zero-order valence-electron chi connectivity index (χ0n) is 14.1. The van der Waals surface area contributed by atoms with Gasteiger partial charge in [-0.1, -0.05) is 0 Å². The van der Waals surface area contributed by atoms with Crippen LogP contribution in [0.1, 0.15) is 25.2 Å². The fraction of sp³-hybridized carbons (Fsp3) is 0.389. The lowest BCUT2D eigenvalue weighted by Crippen LogP contribution is -2.43. The minimum atomic E-state index is -0.389. The van der Waals surface area contributed by atoms with Gasteiger partial charge in [0.2, 0.25) is 5.91 Å². The zero-order chi connectivity index (χ0) is 17.7. The summed E-state index contributed by atoms with van der Waals surface area (Å²) in [5.74, 6) is 1.14. The standard InChI is InChI=1S/C18H19N5O3/c19-16(24)14(10-1-2-10)22-13-9-25-8-11-3-5-23-15(11)12(13)7-21-17(23)18-20-4-6-26-18/h4,6-7,9-10,14,22H,1-3,5,8H2,(H2,19,24). The van der Waals surface area contributed by atoms with Gasteiger partial charge in [0.1, 0.15) is 25.2 Å². The predicted octanol–water partition coefficient (Wildman–Crippen LogP) is 1.00. The highest BCUT2D eigenvalue weighted by Gasteiger charge is 2.39. The summed E-state index contributed by atoms with van der Waals surface area (Å²) in [7, 11) is 0. The van der Waals surface area contributed by atoms with Gasteiger partial charge in [0.25, 0.3) is 5.89 Å². The molecule has 0 aromatic carbocycles. The molecule has 0 saturated heterocycles. The molecule has 3 N–H and O–H groups in total. The van der Waals surface area contributed by atoms with E-state index in [4.69, 9.17) is 14.9 Å². The Bertz CT molecular complexity index is 877. The van der Waals surface area contributed by atoms with Crippen molar-refractivity contribution in [3.63, 3.8) is 0 Å². The van der Waals surface area contributed by atoms with Gasteiger partial charge < -0.3 is 25.1 Å². The molecule has 8 nitrogen and oxygen atoms in total. The predicted molar refractivity (Wildman–Crippen MR) is 92.3 cm³/mol. The fourth-order valence-corrected chi connectivity index (χ4v) is 3.73. The van der Waals surface area contributed by atoms with Gasteiger partial charge in [-0.3, -0.25) is 4.79 Å². The summed E-state index contributed by atoms with van der Waals surface area (Å²) in [5.41, 5.74) is 9.51. The summed E-state index contributed by atoms with van der Waals surface area (Å²) < 4.78 is 11.2. The summed E-state index contributed by atoms with van der Waals surface area (Å²) in [5, 5.41) is 3.30. The van der Waals surface area contributed by atoms with E-state index < -0.39 is 0 Å². The fourth-order valence-electron chi connectivity index (χ4n) is 3.73. The second-order valence-corrected chi connectivity index (χ2v) is 6.89. The molecular weight excluding hydrogens is 334 g/mol. The van der Waals surface area contributed by atoms with Crippen LogP contribution in [0, 0.1) is 5.92 Å². The summed E-state index contributed by atoms with van der Waals surface area (Å²) in [6.45, 7) is 1.31. The molecule has 0 spiro atoms. The number of nitrogens with one attached hydrogen (secondary N) is 1. The minimum absolute atomic E-state index is 0.292. The molecule has 1 fully saturated rings. The molecule has 134 valence electrons. The van der Waals surface area contributed by atoms with Gasteiger partial charge in [0.05, 0.1) is 17.6 Å². The molecule has 1 aromatic heterocycles. The largest absolute Gasteiger partial charge is 0.495 e. The second kappa shape index (κ2) is 5.76. The van der Waals surface area contributed by atoms with Crippen LogP contribution in [0.25, 0.3) is 0 Å². The summed E-state index contributed by atoms with van der Waals surface area (Å²) >= 11 is 0. The maximum atomic E-state index is 11.9. The van der Waals surface area contributed by atoms with Crippen molar-refractivity contribution in [3.05, 3.63) is 53.4 Å². The average Bonchev–Trinajstić information content (AvgIpc) is 3.20. The topological polar surface area (TPSA) is 106 Å². The van der Waals surface area contributed by atoms with Crippen molar-refractivity contribution >= 4 is 11.7 Å². The molecule has 1 saturated carbocycles. The molecule has 26 heavy (non-hydrogen) atoms. The number of aromatic nitrogens is 1. The van der Waals surface area contributed by atoms with Gasteiger partial charge in [-0.2, -0.15) is 0 Å². The molecule has 5 rings (SSSR count). The first-order valence-electron chi connectivity index (χ1n) is 8.78. The van der Waals surface area contributed by atoms with Crippen molar-refractivity contribution in [1.29, 1.82) is 0 Å². The Hall–Kier alpha value is -3.03. The van der Waals surface area contributed by atoms with Gasteiger partial charge >= 0.3 is 0 Å². The van der Waals surface area contributed by atoms with Crippen LogP contribution in [0.3, 0.4) is 0 Å². The number of carbonyl (C=O) groups is 1. The summed E-state index contributed by atoms with van der Waals surface area (Å²) in [4.78, 5) is 22.8. The molecule has 1 aromatic rings. The maximum Gasteiger partial charge on any atom is 0.263 e. The molecule has 1 unspecified atom stereocenters. The lowest BCUT2D eigenvalue weighted by Gasteiger charge is -2.29. The molecule has 1 atom stereocenters. The molecule has 0 bridgehead atoms. The Kier molecular flexibility index (Phi) is 3.37. The van der Waals surface area contributed by atoms with E-state index in [-0.39, 0.29) is 11.9 Å². The lowest BCUT2D eigenvalue weighted by atomic mass is 10.0. The molecule has 3 aliphatic heterocycles. The van der Waals surface area contributed by atoms with Crippen LogP contribution >= 0.6 is 0 Å². The number of primary amides is 1. The molecule has 1 aliphatic carbocycles. The van der Waals surface area contributed by atoms with Crippen LogP contribution < -0.4 is 11.1 Å². The highest BCUT2D eigenvalue weighted by atomic mass is 16.5. The second-order valence-electron chi connectivity index (χ2n) is 6.89. The van der Waals surface area contributed by atoms with E-state index in [2.05, 4.69) is 20.2 Å². The number of carbonyl (C=O) groups excluding carboxylic acids is 1. The van der Waals surface area contributed by atoms with Crippen molar-refractivity contribution in [3.8, 4) is 0 Å². The number of nitrogens with two attached hydrogens (primary N) is 1. The van der Waals surface area contributed by atoms with Crippen LogP contribution in [0.2, 0.25) is 0 Å². The van der Waals surface area contributed by atoms with Crippen LogP contribution in [-0.2, 0) is 9.53 Å². The van der Waals surface area contributed by atoms with E-state index in [0.29, 0.717) is 24.3 Å². The van der Waals surface area contributed by atoms with Gasteiger partial charge in [-0.25, -0.2) is 9.98 Å². The molecular formula is C18H19N5O3. The maximum absolute atomic E-state index is 11.9. The summed E-state index contributed by atoms with van der Waals surface area (Å²) in [6, 6.07) is -0.389. The third-order valence-corrected chi connectivity index (χ3v) is 5.15. The highest BCUT2D eigenvalue weighted by Crippen LogP contribution is 2.39. The van der Waals surface area contributed by atoms with Crippen LogP contribution in [-0.4, -0.2) is 40.8 Å². The molecule has 4 heterocycles. The van der Waals surface area contributed by atoms with Crippen molar-refractivity contribution in [2.75, 3.05) is 13.2 Å². The third-order valence-electron chi connectivity index (χ3n) is 5.15. The van der Waals surface area contributed by atoms with Crippen LogP contribution in [0.15, 0.2) is 56.9 Å². The quantitative estimate of drug-likeness (QED) is 0.818. The van der Waals surface area contributed by atoms with Crippen molar-refractivity contribution in [1.82, 2.24) is 15.2 Å². The Balaban J connectivity index is 1.53. The van der Waals surface area contributed by atoms with Crippen LogP contribution in [0.4, 0.5) is 0 Å². The monoisotopic (exact) mass is 353 g/mol. The van der Waals surface area contributed by atoms with E-state index in [0.717, 1.165) is 42.8 Å². The van der Waals surface area contributed by atoms with Crippen LogP contribution in [0.5, 0.6) is 0 Å². The molecule has 8 heteroatoms. The first-order valence-corrected chi connectivity index (χ1v) is 8.78. The van der Waals surface area contributed by atoms with Gasteiger partial charge in [0.15, 0.2) is 5.84 Å². The van der Waals surface area contributed by atoms with Crippen molar-refractivity contribution in [2.45, 2.75) is 25.3 Å². The number of oxazole rings is 1. The Morgan fingerprint density at radius 2 is 2.31 bits per heavy atom. The smallest absolute Gasteiger partial charge is 0.263 e. The molecule has 1 amide bonds. The van der Waals surface area contributed by atoms with Gasteiger partial charge in [-0.05, 0) is 30.8 Å². The normalized spacial score (nSPS) is 22.6. The van der Waals surface area contributed by atoms with E-state index in [1.165, 1.54) is 5.57 Å². The zero-order valence-corrected chi connectivity index (χ0v) is 14.1. The highest BCUT2D eigenvalue weighted by molar-refractivity contribution is 5.98. The molecule has 0 radical (unpaired) electrons. The minimum Gasteiger partial charge on any atom is -0.495 e. The third kappa shape index (κ3) is 2.40. The number of amides is 1. The van der Waals surface area contributed by atoms with E-state index in [1.807, 2.05) is 0 Å². The number of hydrogen-bond donors (Lipinski definition) is 2. The number of amidine groups is 1. The van der Waals surface area contributed by atoms with E-state index in [9.17, 15) is 4.79 Å². The first-order chi connectivity index (χ1) is 12.7. The van der Waals surface area contributed by atoms with E-state index in [1.54, 1.807) is 24.9 Å². The average molecular weight is 353 g/mol. The Morgan fingerprint density at radius 3 is 3.04 bits per heavy atom. The number of hydrogen-bond acceptors (Lipinski definition) is 7. The number of aliphatic imine (C=N–C) groups is 1. The first kappa shape index (κ1) is 15.2. The summed E-state index contributed by atoms with van der Waals surface area (Å²) in [6.07, 6.45) is 9.52. The lowest BCUT2D eigenvalue weighted by molar-refractivity contribution is -0.120. The Labute approximate surface area is 150 Å². The number of ether oxygens (including phenoxy) is 1. The van der Waals surface area contributed by atoms with E-state index >= 15 is 0 Å². The molecule has 4 aliphatic rings. The SMILES string of the molecule is NC(=O)C(NC1=COCC2=C3C1=CN=C(c1ncco1)N3CC2)C1CC1.